The van der Waals surface area contributed by atoms with Crippen molar-refractivity contribution in [3.05, 3.63) is 59.9 Å². The molecule has 2 aromatic heterocycles. The smallest absolute Gasteiger partial charge is 0.126 e. The number of aryl methyl sites for hydroxylation is 1. The summed E-state index contributed by atoms with van der Waals surface area (Å²) in [5.74, 6) is 0.850. The number of fused-ring (bicyclic) bond motifs is 1. The predicted molar refractivity (Wildman–Crippen MR) is 82.5 cm³/mol. The number of nitrogens with one attached hydrogen (secondary N) is 1. The monoisotopic (exact) mass is 264 g/mol. The molecule has 0 unspecified atom stereocenters. The van der Waals surface area contributed by atoms with E-state index in [0.29, 0.717) is 6.54 Å². The number of aromatic nitrogens is 2. The fourth-order valence-electron chi connectivity index (χ4n) is 2.04. The molecule has 100 valence electrons. The van der Waals surface area contributed by atoms with E-state index in [4.69, 9.17) is 5.73 Å². The fraction of sp³-hybridized carbons (Fsp3) is 0.125. The molecule has 0 fully saturated rings. The maximum Gasteiger partial charge on any atom is 0.126 e. The van der Waals surface area contributed by atoms with E-state index < -0.39 is 0 Å². The third-order valence-electron chi connectivity index (χ3n) is 3.16. The van der Waals surface area contributed by atoms with Crippen LogP contribution in [0.5, 0.6) is 0 Å². The molecule has 0 saturated heterocycles. The maximum atomic E-state index is 5.76. The van der Waals surface area contributed by atoms with Crippen LogP contribution in [0.1, 0.15) is 11.3 Å². The van der Waals surface area contributed by atoms with Gasteiger partial charge in [-0.2, -0.15) is 0 Å². The van der Waals surface area contributed by atoms with Crippen molar-refractivity contribution >= 4 is 22.4 Å². The third kappa shape index (κ3) is 2.69. The van der Waals surface area contributed by atoms with E-state index in [0.717, 1.165) is 33.7 Å². The maximum absolute atomic E-state index is 5.76. The van der Waals surface area contributed by atoms with Gasteiger partial charge in [-0.15, -0.1) is 0 Å². The van der Waals surface area contributed by atoms with Gasteiger partial charge in [-0.1, -0.05) is 6.07 Å². The van der Waals surface area contributed by atoms with Crippen LogP contribution in [-0.2, 0) is 6.54 Å². The molecule has 0 aliphatic rings. The lowest BCUT2D eigenvalue weighted by Gasteiger charge is -2.07. The number of pyridine rings is 2. The molecule has 0 saturated carbocycles. The van der Waals surface area contributed by atoms with Crippen LogP contribution in [0.15, 0.2) is 48.7 Å². The molecule has 3 N–H and O–H groups in total. The summed E-state index contributed by atoms with van der Waals surface area (Å²) in [4.78, 5) is 8.84. The number of nitrogens with two attached hydrogens (primary N) is 1. The van der Waals surface area contributed by atoms with E-state index in [1.54, 1.807) is 0 Å². The Morgan fingerprint density at radius 3 is 2.80 bits per heavy atom. The molecule has 4 heteroatoms. The topological polar surface area (TPSA) is 63.8 Å². The van der Waals surface area contributed by atoms with Crippen LogP contribution in [0.4, 0.5) is 11.5 Å². The lowest BCUT2D eigenvalue weighted by Crippen LogP contribution is -2.02. The zero-order valence-corrected chi connectivity index (χ0v) is 11.3. The number of hydrogen-bond donors (Lipinski definition) is 2. The summed E-state index contributed by atoms with van der Waals surface area (Å²) >= 11 is 0. The average molecular weight is 264 g/mol. The molecule has 20 heavy (non-hydrogen) atoms. The highest BCUT2D eigenvalue weighted by Crippen LogP contribution is 2.18. The van der Waals surface area contributed by atoms with Crippen LogP contribution in [-0.4, -0.2) is 9.97 Å². The van der Waals surface area contributed by atoms with Gasteiger partial charge >= 0.3 is 0 Å². The second-order valence-corrected chi connectivity index (χ2v) is 4.81. The van der Waals surface area contributed by atoms with Crippen LogP contribution in [0.3, 0.4) is 0 Å². The van der Waals surface area contributed by atoms with Crippen molar-refractivity contribution < 1.29 is 0 Å². The van der Waals surface area contributed by atoms with Crippen LogP contribution in [0.25, 0.3) is 10.9 Å². The number of anilines is 2. The Kier molecular flexibility index (Phi) is 3.21. The summed E-state index contributed by atoms with van der Waals surface area (Å²) in [6.45, 7) is 2.69. The first kappa shape index (κ1) is 12.4. The predicted octanol–water partition coefficient (Wildman–Crippen LogP) is 3.13. The Hall–Kier alpha value is -2.62. The Bertz CT molecular complexity index is 735. The molecule has 3 aromatic rings. The molecule has 0 spiro atoms. The summed E-state index contributed by atoms with van der Waals surface area (Å²) in [6.07, 6.45) is 1.88. The normalized spacial score (nSPS) is 10.7. The largest absolute Gasteiger partial charge is 0.399 e. The van der Waals surface area contributed by atoms with E-state index >= 15 is 0 Å². The lowest BCUT2D eigenvalue weighted by atomic mass is 10.2. The van der Waals surface area contributed by atoms with Gasteiger partial charge in [-0.3, -0.25) is 4.98 Å². The van der Waals surface area contributed by atoms with Gasteiger partial charge in [0.05, 0.1) is 5.52 Å². The summed E-state index contributed by atoms with van der Waals surface area (Å²) in [5, 5.41) is 4.35. The number of nitrogen functional groups attached to an aromatic ring is 1. The molecule has 0 aliphatic carbocycles. The number of nitrogens with zero attached hydrogens (tertiary/aromatic N) is 2. The van der Waals surface area contributed by atoms with Crippen molar-refractivity contribution in [1.82, 2.24) is 9.97 Å². The van der Waals surface area contributed by atoms with Crippen molar-refractivity contribution in [3.8, 4) is 0 Å². The Morgan fingerprint density at radius 2 is 2.00 bits per heavy atom. The van der Waals surface area contributed by atoms with Gasteiger partial charge in [-0.05, 0) is 48.9 Å². The van der Waals surface area contributed by atoms with E-state index in [9.17, 15) is 0 Å². The molecule has 3 rings (SSSR count). The van der Waals surface area contributed by atoms with E-state index in [1.807, 2.05) is 49.5 Å². The molecule has 0 radical (unpaired) electrons. The molecule has 0 aliphatic heterocycles. The van der Waals surface area contributed by atoms with Crippen LogP contribution >= 0.6 is 0 Å². The summed E-state index contributed by atoms with van der Waals surface area (Å²) in [5.41, 5.74) is 9.61. The van der Waals surface area contributed by atoms with Crippen LogP contribution in [0.2, 0.25) is 0 Å². The van der Waals surface area contributed by atoms with Crippen molar-refractivity contribution in [2.45, 2.75) is 13.5 Å². The molecule has 0 amide bonds. The zero-order chi connectivity index (χ0) is 13.9. The van der Waals surface area contributed by atoms with Crippen LogP contribution < -0.4 is 11.1 Å². The van der Waals surface area contributed by atoms with Gasteiger partial charge in [0.25, 0.3) is 0 Å². The minimum absolute atomic E-state index is 0.709. The lowest BCUT2D eigenvalue weighted by molar-refractivity contribution is 1.07. The third-order valence-corrected chi connectivity index (χ3v) is 3.16. The number of rotatable bonds is 3. The number of benzene rings is 1. The molecule has 2 heterocycles. The fourth-order valence-corrected chi connectivity index (χ4v) is 2.04. The average Bonchev–Trinajstić information content (AvgIpc) is 2.46. The van der Waals surface area contributed by atoms with E-state index in [1.165, 1.54) is 0 Å². The molecular weight excluding hydrogens is 248 g/mol. The summed E-state index contributed by atoms with van der Waals surface area (Å²) in [7, 11) is 0. The van der Waals surface area contributed by atoms with Gasteiger partial charge in [0, 0.05) is 29.5 Å². The SMILES string of the molecule is Cc1ccc(CNc2ccc3cc(N)ccc3n2)cn1. The second kappa shape index (κ2) is 5.17. The van der Waals surface area contributed by atoms with Gasteiger partial charge in [0.15, 0.2) is 0 Å². The van der Waals surface area contributed by atoms with E-state index in [-0.39, 0.29) is 0 Å². The highest BCUT2D eigenvalue weighted by molar-refractivity contribution is 5.83. The molecule has 4 nitrogen and oxygen atoms in total. The molecule has 0 atom stereocenters. The van der Waals surface area contributed by atoms with Gasteiger partial charge in [-0.25, -0.2) is 4.98 Å². The first-order chi connectivity index (χ1) is 9.70. The van der Waals surface area contributed by atoms with Gasteiger partial charge in [0.1, 0.15) is 5.82 Å². The summed E-state index contributed by atoms with van der Waals surface area (Å²) in [6, 6.07) is 13.8. The molecule has 0 bridgehead atoms. The van der Waals surface area contributed by atoms with Crippen molar-refractivity contribution in [2.75, 3.05) is 11.1 Å². The number of hydrogen-bond acceptors (Lipinski definition) is 4. The Labute approximate surface area is 117 Å². The minimum atomic E-state index is 0.709. The second-order valence-electron chi connectivity index (χ2n) is 4.81. The first-order valence-electron chi connectivity index (χ1n) is 6.52. The highest BCUT2D eigenvalue weighted by Gasteiger charge is 1.99. The van der Waals surface area contributed by atoms with Gasteiger partial charge < -0.3 is 11.1 Å². The Morgan fingerprint density at radius 1 is 1.10 bits per heavy atom. The van der Waals surface area contributed by atoms with Crippen molar-refractivity contribution in [1.29, 1.82) is 0 Å². The standard InChI is InChI=1S/C16H16N4/c1-11-2-3-12(9-18-11)10-19-16-7-4-13-8-14(17)5-6-15(13)20-16/h2-9H,10,17H2,1H3,(H,19,20). The van der Waals surface area contributed by atoms with Crippen molar-refractivity contribution in [3.63, 3.8) is 0 Å². The Balaban J connectivity index is 1.77. The van der Waals surface area contributed by atoms with Crippen molar-refractivity contribution in [2.24, 2.45) is 0 Å². The van der Waals surface area contributed by atoms with Gasteiger partial charge in [0.2, 0.25) is 0 Å². The van der Waals surface area contributed by atoms with Crippen LogP contribution in [0, 0.1) is 6.92 Å². The molecule has 1 aromatic carbocycles. The zero-order valence-electron chi connectivity index (χ0n) is 11.3. The van der Waals surface area contributed by atoms with E-state index in [2.05, 4.69) is 21.4 Å². The quantitative estimate of drug-likeness (QED) is 0.713. The first-order valence-corrected chi connectivity index (χ1v) is 6.52. The molecular formula is C16H16N4. The highest BCUT2D eigenvalue weighted by atomic mass is 15.0. The minimum Gasteiger partial charge on any atom is -0.399 e. The summed E-state index contributed by atoms with van der Waals surface area (Å²) < 4.78 is 0.